The van der Waals surface area contributed by atoms with Crippen LogP contribution in [0.25, 0.3) is 11.3 Å². The minimum Gasteiger partial charge on any atom is -0.486 e. The fourth-order valence-corrected chi connectivity index (χ4v) is 4.88. The molecule has 4 heterocycles. The molecule has 12 heteroatoms. The molecule has 0 unspecified atom stereocenters. The van der Waals surface area contributed by atoms with Gasteiger partial charge in [-0.05, 0) is 52.8 Å². The summed E-state index contributed by atoms with van der Waals surface area (Å²) in [5.74, 6) is -0.500. The first-order valence-electron chi connectivity index (χ1n) is 13.7. The van der Waals surface area contributed by atoms with Gasteiger partial charge in [0, 0.05) is 55.7 Å². The number of hydrogen-bond acceptors (Lipinski definition) is 9. The van der Waals surface area contributed by atoms with Crippen molar-refractivity contribution in [1.29, 1.82) is 0 Å². The molecule has 1 fully saturated rings. The van der Waals surface area contributed by atoms with Gasteiger partial charge in [0.05, 0.1) is 18.4 Å². The maximum Gasteiger partial charge on any atom is 0.410 e. The zero-order valence-corrected chi connectivity index (χ0v) is 23.9. The SMILES string of the molecule is CC(C)N1CCOc2c(F)cc(-c3nc(Nc4cc(N5CCN(C(=O)OC(C)(C)C)CC5)ccn4)ncc3F)cc21. The van der Waals surface area contributed by atoms with Gasteiger partial charge in [0.25, 0.3) is 0 Å². The van der Waals surface area contributed by atoms with Gasteiger partial charge in [0.2, 0.25) is 5.95 Å². The molecule has 0 saturated carbocycles. The van der Waals surface area contributed by atoms with E-state index in [1.807, 2.05) is 51.7 Å². The molecule has 2 aliphatic heterocycles. The fourth-order valence-electron chi connectivity index (χ4n) is 4.88. The predicted octanol–water partition coefficient (Wildman–Crippen LogP) is 5.22. The molecule has 1 N–H and O–H groups in total. The second-order valence-electron chi connectivity index (χ2n) is 11.3. The number of amides is 1. The summed E-state index contributed by atoms with van der Waals surface area (Å²) in [7, 11) is 0. The third kappa shape index (κ3) is 6.41. The molecule has 0 atom stereocenters. The number of pyridine rings is 1. The van der Waals surface area contributed by atoms with E-state index in [0.29, 0.717) is 50.8 Å². The highest BCUT2D eigenvalue weighted by molar-refractivity contribution is 5.73. The number of carbonyl (C=O) groups is 1. The van der Waals surface area contributed by atoms with E-state index in [-0.39, 0.29) is 35.1 Å². The van der Waals surface area contributed by atoms with Crippen LogP contribution in [0.3, 0.4) is 0 Å². The quantitative estimate of drug-likeness (QED) is 0.445. The number of benzene rings is 1. The van der Waals surface area contributed by atoms with Crippen LogP contribution in [0.2, 0.25) is 0 Å². The number of halogens is 2. The monoisotopic (exact) mass is 567 g/mol. The van der Waals surface area contributed by atoms with Crippen molar-refractivity contribution < 1.29 is 23.0 Å². The number of nitrogens with one attached hydrogen (secondary N) is 1. The van der Waals surface area contributed by atoms with Gasteiger partial charge < -0.3 is 29.5 Å². The second kappa shape index (κ2) is 11.3. The Morgan fingerprint density at radius 1 is 1.05 bits per heavy atom. The fraction of sp³-hybridized carbons (Fsp3) is 0.448. The summed E-state index contributed by atoms with van der Waals surface area (Å²) in [5.41, 5.74) is 1.17. The topological polar surface area (TPSA) is 96.0 Å². The molecule has 0 radical (unpaired) electrons. The summed E-state index contributed by atoms with van der Waals surface area (Å²) < 4.78 is 41.0. The van der Waals surface area contributed by atoms with Crippen LogP contribution in [0, 0.1) is 11.6 Å². The number of hydrogen-bond donors (Lipinski definition) is 1. The van der Waals surface area contributed by atoms with Crippen molar-refractivity contribution >= 4 is 29.2 Å². The van der Waals surface area contributed by atoms with Gasteiger partial charge in [-0.2, -0.15) is 0 Å². The summed E-state index contributed by atoms with van der Waals surface area (Å²) in [6.45, 7) is 12.9. The van der Waals surface area contributed by atoms with Crippen molar-refractivity contribution in [3.05, 3.63) is 48.3 Å². The van der Waals surface area contributed by atoms with Crippen molar-refractivity contribution in [3.8, 4) is 17.0 Å². The molecule has 10 nitrogen and oxygen atoms in total. The molecule has 0 bridgehead atoms. The van der Waals surface area contributed by atoms with Gasteiger partial charge in [0.15, 0.2) is 17.4 Å². The van der Waals surface area contributed by atoms with E-state index in [0.717, 1.165) is 11.9 Å². The summed E-state index contributed by atoms with van der Waals surface area (Å²) in [6.07, 6.45) is 2.39. The molecule has 1 saturated heterocycles. The van der Waals surface area contributed by atoms with Crippen LogP contribution in [-0.2, 0) is 4.74 Å². The number of fused-ring (bicyclic) bond motifs is 1. The van der Waals surface area contributed by atoms with Crippen LogP contribution < -0.4 is 19.9 Å². The lowest BCUT2D eigenvalue weighted by Gasteiger charge is -2.36. The van der Waals surface area contributed by atoms with Gasteiger partial charge in [-0.1, -0.05) is 0 Å². The van der Waals surface area contributed by atoms with Crippen LogP contribution in [0.15, 0.2) is 36.7 Å². The van der Waals surface area contributed by atoms with Crippen LogP contribution in [0.5, 0.6) is 5.75 Å². The third-order valence-corrected chi connectivity index (χ3v) is 6.83. The summed E-state index contributed by atoms with van der Waals surface area (Å²) in [6, 6.07) is 6.75. The highest BCUT2D eigenvalue weighted by Gasteiger charge is 2.27. The number of carbonyl (C=O) groups excluding carboxylic acids is 1. The smallest absolute Gasteiger partial charge is 0.410 e. The number of anilines is 4. The summed E-state index contributed by atoms with van der Waals surface area (Å²) >= 11 is 0. The van der Waals surface area contributed by atoms with Crippen LogP contribution in [0.4, 0.5) is 36.7 Å². The maximum absolute atomic E-state index is 15.0. The first kappa shape index (κ1) is 28.3. The number of ether oxygens (including phenoxy) is 2. The largest absolute Gasteiger partial charge is 0.486 e. The Morgan fingerprint density at radius 2 is 1.80 bits per heavy atom. The Kier molecular flexibility index (Phi) is 7.83. The average molecular weight is 568 g/mol. The first-order chi connectivity index (χ1) is 19.5. The second-order valence-corrected chi connectivity index (χ2v) is 11.3. The maximum atomic E-state index is 15.0. The Bertz CT molecular complexity index is 1420. The van der Waals surface area contributed by atoms with E-state index in [2.05, 4.69) is 25.2 Å². The molecule has 2 aliphatic rings. The van der Waals surface area contributed by atoms with Crippen molar-refractivity contribution in [2.75, 3.05) is 54.4 Å². The minimum absolute atomic E-state index is 0.0344. The van der Waals surface area contributed by atoms with Crippen molar-refractivity contribution in [2.45, 2.75) is 46.3 Å². The van der Waals surface area contributed by atoms with E-state index < -0.39 is 17.2 Å². The lowest BCUT2D eigenvalue weighted by Crippen LogP contribution is -2.50. The van der Waals surface area contributed by atoms with E-state index in [1.54, 1.807) is 17.2 Å². The van der Waals surface area contributed by atoms with Crippen LogP contribution >= 0.6 is 0 Å². The lowest BCUT2D eigenvalue weighted by molar-refractivity contribution is 0.0240. The molecule has 1 aromatic carbocycles. The minimum atomic E-state index is -0.674. The number of aromatic nitrogens is 3. The van der Waals surface area contributed by atoms with E-state index in [1.165, 1.54) is 6.07 Å². The zero-order valence-electron chi connectivity index (χ0n) is 23.9. The number of nitrogens with zero attached hydrogens (tertiary/aromatic N) is 6. The van der Waals surface area contributed by atoms with Gasteiger partial charge >= 0.3 is 6.09 Å². The Hall–Kier alpha value is -4.22. The molecule has 2 aromatic heterocycles. The Morgan fingerprint density at radius 3 is 2.51 bits per heavy atom. The van der Waals surface area contributed by atoms with Gasteiger partial charge in [-0.25, -0.2) is 28.5 Å². The predicted molar refractivity (Wildman–Crippen MR) is 153 cm³/mol. The molecular weight excluding hydrogens is 532 g/mol. The summed E-state index contributed by atoms with van der Waals surface area (Å²) in [5, 5.41) is 3.04. The van der Waals surface area contributed by atoms with Gasteiger partial charge in [0.1, 0.15) is 23.7 Å². The third-order valence-electron chi connectivity index (χ3n) is 6.83. The van der Waals surface area contributed by atoms with Crippen LogP contribution in [0.1, 0.15) is 34.6 Å². The molecule has 3 aromatic rings. The van der Waals surface area contributed by atoms with Gasteiger partial charge in [-0.3, -0.25) is 0 Å². The van der Waals surface area contributed by atoms with Crippen molar-refractivity contribution in [1.82, 2.24) is 19.9 Å². The Balaban J connectivity index is 1.32. The lowest BCUT2D eigenvalue weighted by atomic mass is 10.1. The average Bonchev–Trinajstić information content (AvgIpc) is 2.93. The molecule has 1 amide bonds. The highest BCUT2D eigenvalue weighted by atomic mass is 19.1. The molecule has 218 valence electrons. The van der Waals surface area contributed by atoms with Gasteiger partial charge in [-0.15, -0.1) is 0 Å². The number of rotatable bonds is 5. The molecule has 41 heavy (non-hydrogen) atoms. The van der Waals surface area contributed by atoms with Crippen LogP contribution in [-0.4, -0.2) is 76.9 Å². The van der Waals surface area contributed by atoms with E-state index >= 15 is 4.39 Å². The van der Waals surface area contributed by atoms with Crippen molar-refractivity contribution in [2.24, 2.45) is 0 Å². The molecule has 0 spiro atoms. The molecule has 0 aliphatic carbocycles. The standard InChI is InChI=1S/C29H35F2N7O3/c1-18(2)38-12-13-40-26-21(30)14-19(15-23(26)38)25-22(31)17-33-27(35-25)34-24-16-20(6-7-32-24)36-8-10-37(11-9-36)28(39)41-29(3,4)5/h6-7,14-18H,8-13H2,1-5H3,(H,32,33,34,35). The normalized spacial score (nSPS) is 15.5. The highest BCUT2D eigenvalue weighted by Crippen LogP contribution is 2.39. The molecule has 5 rings (SSSR count). The Labute approximate surface area is 238 Å². The summed E-state index contributed by atoms with van der Waals surface area (Å²) in [4.78, 5) is 31.1. The number of piperazine rings is 1. The van der Waals surface area contributed by atoms with E-state index in [9.17, 15) is 9.18 Å². The van der Waals surface area contributed by atoms with Crippen molar-refractivity contribution in [3.63, 3.8) is 0 Å². The first-order valence-corrected chi connectivity index (χ1v) is 13.7. The zero-order chi connectivity index (χ0) is 29.3. The van der Waals surface area contributed by atoms with E-state index in [4.69, 9.17) is 9.47 Å². The molecular formula is C29H35F2N7O3.